The van der Waals surface area contributed by atoms with Gasteiger partial charge in [0.25, 0.3) is 0 Å². The predicted octanol–water partition coefficient (Wildman–Crippen LogP) is 2.35. The quantitative estimate of drug-likeness (QED) is 0.835. The third-order valence-electron chi connectivity index (χ3n) is 2.81. The SMILES string of the molecule is CCC(C)(O)COc1c(Cl)cc(CN)cc1OC. The highest BCUT2D eigenvalue weighted by atomic mass is 35.5. The fraction of sp³-hybridized carbons (Fsp3) is 0.538. The molecular weight excluding hydrogens is 254 g/mol. The number of benzene rings is 1. The van der Waals surface area contributed by atoms with E-state index in [1.807, 2.05) is 6.92 Å². The van der Waals surface area contributed by atoms with Crippen LogP contribution < -0.4 is 15.2 Å². The van der Waals surface area contributed by atoms with Gasteiger partial charge in [-0.25, -0.2) is 0 Å². The molecule has 0 radical (unpaired) electrons. The number of halogens is 1. The van der Waals surface area contributed by atoms with Crippen molar-refractivity contribution >= 4 is 11.6 Å². The molecule has 5 heteroatoms. The van der Waals surface area contributed by atoms with Crippen LogP contribution in [0, 0.1) is 0 Å². The molecule has 1 unspecified atom stereocenters. The first-order valence-electron chi connectivity index (χ1n) is 5.85. The van der Waals surface area contributed by atoms with Crippen molar-refractivity contribution in [2.45, 2.75) is 32.4 Å². The molecule has 3 N–H and O–H groups in total. The molecule has 1 rings (SSSR count). The third kappa shape index (κ3) is 3.77. The second-order valence-electron chi connectivity index (χ2n) is 4.45. The molecule has 4 nitrogen and oxygen atoms in total. The van der Waals surface area contributed by atoms with Crippen molar-refractivity contribution in [3.63, 3.8) is 0 Å². The van der Waals surface area contributed by atoms with Crippen molar-refractivity contribution in [3.05, 3.63) is 22.7 Å². The lowest BCUT2D eigenvalue weighted by atomic mass is 10.1. The minimum absolute atomic E-state index is 0.154. The van der Waals surface area contributed by atoms with Gasteiger partial charge in [0, 0.05) is 6.54 Å². The number of rotatable bonds is 6. The van der Waals surface area contributed by atoms with E-state index in [0.717, 1.165) is 5.56 Å². The van der Waals surface area contributed by atoms with E-state index in [-0.39, 0.29) is 6.61 Å². The number of methoxy groups -OCH3 is 1. The molecule has 18 heavy (non-hydrogen) atoms. The number of hydrogen-bond acceptors (Lipinski definition) is 4. The number of nitrogens with two attached hydrogens (primary N) is 1. The molecule has 0 saturated carbocycles. The maximum Gasteiger partial charge on any atom is 0.179 e. The molecule has 0 aliphatic heterocycles. The molecule has 1 aromatic rings. The van der Waals surface area contributed by atoms with Crippen molar-refractivity contribution in [2.24, 2.45) is 5.73 Å². The lowest BCUT2D eigenvalue weighted by Crippen LogP contribution is -2.31. The molecule has 0 aliphatic rings. The van der Waals surface area contributed by atoms with Crippen LogP contribution in [0.3, 0.4) is 0 Å². The molecule has 0 fully saturated rings. The van der Waals surface area contributed by atoms with E-state index in [2.05, 4.69) is 0 Å². The van der Waals surface area contributed by atoms with Crippen molar-refractivity contribution in [1.29, 1.82) is 0 Å². The monoisotopic (exact) mass is 273 g/mol. The lowest BCUT2D eigenvalue weighted by Gasteiger charge is -2.23. The largest absolute Gasteiger partial charge is 0.493 e. The molecule has 102 valence electrons. The van der Waals surface area contributed by atoms with Crippen molar-refractivity contribution in [3.8, 4) is 11.5 Å². The molecule has 0 heterocycles. The van der Waals surface area contributed by atoms with Gasteiger partial charge in [-0.3, -0.25) is 0 Å². The number of aliphatic hydroxyl groups is 1. The summed E-state index contributed by atoms with van der Waals surface area (Å²) in [5.41, 5.74) is 5.54. The maximum atomic E-state index is 9.91. The zero-order valence-corrected chi connectivity index (χ0v) is 11.8. The molecule has 1 aromatic carbocycles. The highest BCUT2D eigenvalue weighted by Gasteiger charge is 2.21. The Hall–Kier alpha value is -0.970. The van der Waals surface area contributed by atoms with E-state index in [9.17, 15) is 5.11 Å². The second kappa shape index (κ2) is 6.27. The Labute approximate surface area is 113 Å². The van der Waals surface area contributed by atoms with Gasteiger partial charge in [-0.05, 0) is 31.0 Å². The van der Waals surface area contributed by atoms with Crippen molar-refractivity contribution in [2.75, 3.05) is 13.7 Å². The first-order valence-corrected chi connectivity index (χ1v) is 6.23. The molecular formula is C13H20ClNO3. The van der Waals surface area contributed by atoms with Crippen LogP contribution in [0.15, 0.2) is 12.1 Å². The Bertz CT molecular complexity index is 407. The van der Waals surface area contributed by atoms with Crippen LogP contribution in [0.4, 0.5) is 0 Å². The van der Waals surface area contributed by atoms with Crippen LogP contribution >= 0.6 is 11.6 Å². The lowest BCUT2D eigenvalue weighted by molar-refractivity contribution is 0.00779. The van der Waals surface area contributed by atoms with E-state index in [1.165, 1.54) is 7.11 Å². The van der Waals surface area contributed by atoms with Crippen molar-refractivity contribution in [1.82, 2.24) is 0 Å². The summed E-state index contributed by atoms with van der Waals surface area (Å²) in [6, 6.07) is 3.52. The van der Waals surface area contributed by atoms with Gasteiger partial charge in [-0.15, -0.1) is 0 Å². The minimum Gasteiger partial charge on any atom is -0.493 e. The Morgan fingerprint density at radius 3 is 2.61 bits per heavy atom. The Morgan fingerprint density at radius 1 is 1.44 bits per heavy atom. The molecule has 0 saturated heterocycles. The highest BCUT2D eigenvalue weighted by molar-refractivity contribution is 6.32. The van der Waals surface area contributed by atoms with Crippen LogP contribution in [0.5, 0.6) is 11.5 Å². The minimum atomic E-state index is -0.888. The summed E-state index contributed by atoms with van der Waals surface area (Å²) in [6.45, 7) is 4.13. The molecule has 0 aromatic heterocycles. The van der Waals surface area contributed by atoms with Gasteiger partial charge in [0.15, 0.2) is 11.5 Å². The molecule has 0 spiro atoms. The van der Waals surface area contributed by atoms with Gasteiger partial charge in [-0.2, -0.15) is 0 Å². The second-order valence-corrected chi connectivity index (χ2v) is 4.86. The first-order chi connectivity index (χ1) is 8.43. The fourth-order valence-electron chi connectivity index (χ4n) is 1.36. The van der Waals surface area contributed by atoms with E-state index < -0.39 is 5.60 Å². The van der Waals surface area contributed by atoms with Crippen LogP contribution in [0.25, 0.3) is 0 Å². The zero-order chi connectivity index (χ0) is 13.8. The summed E-state index contributed by atoms with van der Waals surface area (Å²) in [5.74, 6) is 0.958. The number of ether oxygens (including phenoxy) is 2. The third-order valence-corrected chi connectivity index (χ3v) is 3.09. The maximum absolute atomic E-state index is 9.91. The van der Waals surface area contributed by atoms with Gasteiger partial charge in [-0.1, -0.05) is 18.5 Å². The molecule has 0 bridgehead atoms. The zero-order valence-electron chi connectivity index (χ0n) is 11.0. The first kappa shape index (κ1) is 15.1. The average Bonchev–Trinajstić information content (AvgIpc) is 2.36. The highest BCUT2D eigenvalue weighted by Crippen LogP contribution is 2.36. The Balaban J connectivity index is 2.94. The smallest absolute Gasteiger partial charge is 0.179 e. The summed E-state index contributed by atoms with van der Waals surface area (Å²) in [7, 11) is 1.54. The standard InChI is InChI=1S/C13H20ClNO3/c1-4-13(2,16)8-18-12-10(14)5-9(7-15)6-11(12)17-3/h5-6,16H,4,7-8,15H2,1-3H3. The van der Waals surface area contributed by atoms with Gasteiger partial charge in [0.05, 0.1) is 17.7 Å². The Morgan fingerprint density at radius 2 is 2.11 bits per heavy atom. The van der Waals surface area contributed by atoms with Crippen LogP contribution in [-0.4, -0.2) is 24.4 Å². The average molecular weight is 274 g/mol. The molecule has 0 amide bonds. The van der Waals surface area contributed by atoms with E-state index in [4.69, 9.17) is 26.8 Å². The summed E-state index contributed by atoms with van der Waals surface area (Å²) in [4.78, 5) is 0. The van der Waals surface area contributed by atoms with Crippen LogP contribution in [0.2, 0.25) is 5.02 Å². The van der Waals surface area contributed by atoms with Gasteiger partial charge < -0.3 is 20.3 Å². The summed E-state index contributed by atoms with van der Waals surface area (Å²) >= 11 is 6.12. The number of hydrogen-bond donors (Lipinski definition) is 2. The summed E-state index contributed by atoms with van der Waals surface area (Å²) in [5, 5.41) is 10.3. The van der Waals surface area contributed by atoms with Gasteiger partial charge >= 0.3 is 0 Å². The molecule has 1 atom stereocenters. The fourth-order valence-corrected chi connectivity index (χ4v) is 1.65. The van der Waals surface area contributed by atoms with Crippen LogP contribution in [-0.2, 0) is 6.54 Å². The van der Waals surface area contributed by atoms with Gasteiger partial charge in [0.2, 0.25) is 0 Å². The van der Waals surface area contributed by atoms with Gasteiger partial charge in [0.1, 0.15) is 6.61 Å². The molecule has 0 aliphatic carbocycles. The topological polar surface area (TPSA) is 64.7 Å². The van der Waals surface area contributed by atoms with E-state index in [0.29, 0.717) is 29.5 Å². The van der Waals surface area contributed by atoms with Crippen LogP contribution in [0.1, 0.15) is 25.8 Å². The summed E-state index contributed by atoms with van der Waals surface area (Å²) in [6.07, 6.45) is 0.591. The van der Waals surface area contributed by atoms with E-state index in [1.54, 1.807) is 19.1 Å². The Kier molecular flexibility index (Phi) is 5.26. The normalized spacial score (nSPS) is 14.1. The summed E-state index contributed by atoms with van der Waals surface area (Å²) < 4.78 is 10.8. The van der Waals surface area contributed by atoms with Crippen molar-refractivity contribution < 1.29 is 14.6 Å². The van der Waals surface area contributed by atoms with E-state index >= 15 is 0 Å². The predicted molar refractivity (Wildman–Crippen MR) is 72.3 cm³/mol.